The van der Waals surface area contributed by atoms with Crippen molar-refractivity contribution < 1.29 is 9.47 Å². The maximum Gasteiger partial charge on any atom is 0.234 e. The third kappa shape index (κ3) is 5.53. The second kappa shape index (κ2) is 12.7. The number of aromatic nitrogens is 7. The molecule has 0 saturated heterocycles. The molecule has 0 atom stereocenters. The van der Waals surface area contributed by atoms with Crippen molar-refractivity contribution in [3.63, 3.8) is 0 Å². The summed E-state index contributed by atoms with van der Waals surface area (Å²) in [5.41, 5.74) is 7.17. The molecule has 10 rings (SSSR count). The van der Waals surface area contributed by atoms with Crippen LogP contribution in [0.1, 0.15) is 0 Å². The Morgan fingerprint density at radius 1 is 0.358 bits per heavy atom. The van der Waals surface area contributed by atoms with Crippen molar-refractivity contribution in [3.05, 3.63) is 165 Å². The van der Waals surface area contributed by atoms with E-state index in [1.165, 1.54) is 0 Å². The molecule has 9 nitrogen and oxygen atoms in total. The van der Waals surface area contributed by atoms with E-state index in [2.05, 4.69) is 42.0 Å². The van der Waals surface area contributed by atoms with Gasteiger partial charge in [-0.2, -0.15) is 0 Å². The van der Waals surface area contributed by atoms with Gasteiger partial charge in [0.2, 0.25) is 5.95 Å². The van der Waals surface area contributed by atoms with E-state index in [0.29, 0.717) is 28.9 Å². The largest absolute Gasteiger partial charge is 0.457 e. The van der Waals surface area contributed by atoms with Gasteiger partial charge < -0.3 is 9.47 Å². The summed E-state index contributed by atoms with van der Waals surface area (Å²) in [5, 5.41) is 4.03. The van der Waals surface area contributed by atoms with E-state index in [0.717, 1.165) is 66.1 Å². The third-order valence-corrected chi connectivity index (χ3v) is 9.21. The first-order valence-electron chi connectivity index (χ1n) is 17.1. The number of benzene rings is 4. The van der Waals surface area contributed by atoms with Crippen molar-refractivity contribution in [2.75, 3.05) is 0 Å². The van der Waals surface area contributed by atoms with Crippen LogP contribution in [0.5, 0.6) is 23.0 Å². The number of rotatable bonds is 7. The van der Waals surface area contributed by atoms with Crippen molar-refractivity contribution in [3.8, 4) is 51.5 Å². The number of nitrogens with zero attached hydrogens (tertiary/aromatic N) is 7. The molecular weight excluding hydrogens is 659 g/mol. The smallest absolute Gasteiger partial charge is 0.234 e. The van der Waals surface area contributed by atoms with Gasteiger partial charge in [-0.3, -0.25) is 24.5 Å². The summed E-state index contributed by atoms with van der Waals surface area (Å²) in [7, 11) is 0. The molecule has 0 N–H and O–H groups in total. The molecule has 9 heteroatoms. The van der Waals surface area contributed by atoms with Crippen LogP contribution < -0.4 is 9.47 Å². The zero-order valence-electron chi connectivity index (χ0n) is 28.0. The van der Waals surface area contributed by atoms with Gasteiger partial charge in [-0.1, -0.05) is 24.3 Å². The van der Waals surface area contributed by atoms with Crippen LogP contribution in [0.2, 0.25) is 0 Å². The molecule has 0 unspecified atom stereocenters. The lowest BCUT2D eigenvalue weighted by molar-refractivity contribution is 0.483. The predicted molar refractivity (Wildman–Crippen MR) is 206 cm³/mol. The molecule has 4 aromatic carbocycles. The zero-order valence-corrected chi connectivity index (χ0v) is 28.0. The Balaban J connectivity index is 1.02. The number of pyridine rings is 4. The second-order valence-corrected chi connectivity index (χ2v) is 12.5. The number of ether oxygens (including phenoxy) is 2. The van der Waals surface area contributed by atoms with E-state index < -0.39 is 0 Å². The second-order valence-electron chi connectivity index (χ2n) is 12.5. The van der Waals surface area contributed by atoms with Crippen molar-refractivity contribution in [1.82, 2.24) is 34.5 Å². The van der Waals surface area contributed by atoms with Gasteiger partial charge in [0.1, 0.15) is 23.0 Å². The highest BCUT2D eigenvalue weighted by atomic mass is 16.5. The lowest BCUT2D eigenvalue weighted by atomic mass is 10.1. The van der Waals surface area contributed by atoms with Gasteiger partial charge in [-0.15, -0.1) is 0 Å². The van der Waals surface area contributed by atoms with Gasteiger partial charge in [0.25, 0.3) is 0 Å². The molecule has 10 aromatic rings. The highest BCUT2D eigenvalue weighted by Crippen LogP contribution is 2.38. The van der Waals surface area contributed by atoms with Crippen molar-refractivity contribution >= 4 is 43.6 Å². The van der Waals surface area contributed by atoms with E-state index in [4.69, 9.17) is 9.47 Å². The molecule has 6 heterocycles. The number of fused-ring (bicyclic) bond motifs is 5. The summed E-state index contributed by atoms with van der Waals surface area (Å²) in [6, 6.07) is 41.6. The van der Waals surface area contributed by atoms with Crippen LogP contribution in [-0.2, 0) is 0 Å². The van der Waals surface area contributed by atoms with Crippen LogP contribution >= 0.6 is 0 Å². The Kier molecular flexibility index (Phi) is 7.25. The summed E-state index contributed by atoms with van der Waals surface area (Å²) >= 11 is 0. The van der Waals surface area contributed by atoms with E-state index in [9.17, 15) is 0 Å². The molecule has 6 aromatic heterocycles. The monoisotopic (exact) mass is 685 g/mol. The maximum atomic E-state index is 6.49. The minimum Gasteiger partial charge on any atom is -0.457 e. The van der Waals surface area contributed by atoms with Crippen LogP contribution in [0.3, 0.4) is 0 Å². The summed E-state index contributed by atoms with van der Waals surface area (Å²) in [4.78, 5) is 27.6. The minimum atomic E-state index is 0.539. The molecule has 250 valence electrons. The van der Waals surface area contributed by atoms with Gasteiger partial charge >= 0.3 is 0 Å². The zero-order chi connectivity index (χ0) is 35.1. The van der Waals surface area contributed by atoms with Gasteiger partial charge in [-0.05, 0) is 91.0 Å². The first-order valence-corrected chi connectivity index (χ1v) is 17.1. The number of hydrogen-bond acceptors (Lipinski definition) is 8. The highest BCUT2D eigenvalue weighted by Gasteiger charge is 2.17. The molecule has 0 fully saturated rings. The molecule has 0 spiro atoms. The fourth-order valence-corrected chi connectivity index (χ4v) is 6.88. The predicted octanol–water partition coefficient (Wildman–Crippen LogP) is 10.4. The van der Waals surface area contributed by atoms with Gasteiger partial charge in [0, 0.05) is 82.0 Å². The Morgan fingerprint density at radius 3 is 1.38 bits per heavy atom. The lowest BCUT2D eigenvalue weighted by Crippen LogP contribution is -2.00. The molecule has 0 aliphatic rings. The van der Waals surface area contributed by atoms with Crippen molar-refractivity contribution in [2.45, 2.75) is 0 Å². The van der Waals surface area contributed by atoms with Crippen LogP contribution in [0, 0.1) is 0 Å². The molecule has 53 heavy (non-hydrogen) atoms. The van der Waals surface area contributed by atoms with Gasteiger partial charge in [0.15, 0.2) is 0 Å². The minimum absolute atomic E-state index is 0.539. The Hall–Kier alpha value is -7.52. The average molecular weight is 686 g/mol. The van der Waals surface area contributed by atoms with Crippen LogP contribution in [0.4, 0.5) is 0 Å². The van der Waals surface area contributed by atoms with Crippen LogP contribution in [-0.4, -0.2) is 34.5 Å². The summed E-state index contributed by atoms with van der Waals surface area (Å²) in [6.07, 6.45) is 10.6. The van der Waals surface area contributed by atoms with Crippen molar-refractivity contribution in [1.29, 1.82) is 0 Å². The molecule has 0 bridgehead atoms. The summed E-state index contributed by atoms with van der Waals surface area (Å²) < 4.78 is 15.0. The summed E-state index contributed by atoms with van der Waals surface area (Å²) in [6.45, 7) is 0. The van der Waals surface area contributed by atoms with Crippen molar-refractivity contribution in [2.24, 2.45) is 0 Å². The quantitative estimate of drug-likeness (QED) is 0.163. The third-order valence-electron chi connectivity index (χ3n) is 9.21. The topological polar surface area (TPSA) is 101 Å². The van der Waals surface area contributed by atoms with E-state index in [1.807, 2.05) is 120 Å². The van der Waals surface area contributed by atoms with E-state index >= 15 is 0 Å². The van der Waals surface area contributed by atoms with Crippen LogP contribution in [0.15, 0.2) is 165 Å². The lowest BCUT2D eigenvalue weighted by Gasteiger charge is -2.11. The normalized spacial score (nSPS) is 11.4. The fraction of sp³-hybridized carbons (Fsp3) is 0. The van der Waals surface area contributed by atoms with E-state index in [1.54, 1.807) is 37.2 Å². The maximum absolute atomic E-state index is 6.49. The molecular formula is C44H27N7O2. The SMILES string of the molecule is c1cnc(-n2c3cc(Oc4cccc(-c5nccc6ncccc56)c4)ccc3c3ccc(Oc4cccc(-c5nccc6ncccc56)c4)cc32)nc1. The average Bonchev–Trinajstić information content (AvgIpc) is 3.53. The Morgan fingerprint density at radius 2 is 0.849 bits per heavy atom. The van der Waals surface area contributed by atoms with Gasteiger partial charge in [0.05, 0.1) is 33.5 Å². The molecule has 0 saturated carbocycles. The molecule has 0 radical (unpaired) electrons. The highest BCUT2D eigenvalue weighted by molar-refractivity contribution is 6.09. The Bertz CT molecular complexity index is 2790. The standard InChI is InChI=1S/C44H27N7O2/c1-6-28(42-36-10-3-18-45-38(36)16-22-47-42)24-30(8-1)52-32-12-14-34-35-15-13-33(27-41(35)51(40(34)26-32)44-49-20-5-21-50-44)53-31-9-2-7-29(25-31)43-37-11-4-19-46-39(37)17-23-48-43/h1-27H. The van der Waals surface area contributed by atoms with Gasteiger partial charge in [-0.25, -0.2) is 9.97 Å². The molecule has 0 aliphatic carbocycles. The fourth-order valence-electron chi connectivity index (χ4n) is 6.88. The number of hydrogen-bond donors (Lipinski definition) is 0. The van der Waals surface area contributed by atoms with E-state index in [-0.39, 0.29) is 0 Å². The first-order chi connectivity index (χ1) is 26.2. The first kappa shape index (κ1) is 30.3. The van der Waals surface area contributed by atoms with Crippen LogP contribution in [0.25, 0.3) is 72.1 Å². The summed E-state index contributed by atoms with van der Waals surface area (Å²) in [5.74, 6) is 3.27. The Labute approximate surface area is 302 Å². The molecule has 0 amide bonds. The molecule has 0 aliphatic heterocycles.